The number of nitriles is 1. The predicted molar refractivity (Wildman–Crippen MR) is 167 cm³/mol. The molecular weight excluding hydrogens is 508 g/mol. The summed E-state index contributed by atoms with van der Waals surface area (Å²) < 4.78 is 3.34. The maximum atomic E-state index is 13.5. The summed E-state index contributed by atoms with van der Waals surface area (Å²) in [6, 6.07) is 24.2. The number of benzene rings is 3. The molecule has 3 aromatic carbocycles. The number of hydrogen-bond acceptors (Lipinski definition) is 5. The van der Waals surface area contributed by atoms with Crippen molar-refractivity contribution in [1.82, 2.24) is 19.1 Å². The molecule has 0 aliphatic carbocycles. The smallest absolute Gasteiger partial charge is 0.326 e. The second kappa shape index (κ2) is 11.0. The van der Waals surface area contributed by atoms with Gasteiger partial charge >= 0.3 is 5.69 Å². The summed E-state index contributed by atoms with van der Waals surface area (Å²) in [4.78, 5) is 22.8. The van der Waals surface area contributed by atoms with Gasteiger partial charge in [-0.2, -0.15) is 5.26 Å². The molecule has 0 saturated heterocycles. The van der Waals surface area contributed by atoms with Crippen LogP contribution in [0.3, 0.4) is 0 Å². The van der Waals surface area contributed by atoms with Crippen LogP contribution in [0.5, 0.6) is 0 Å². The van der Waals surface area contributed by atoms with Crippen LogP contribution in [0, 0.1) is 11.3 Å². The van der Waals surface area contributed by atoms with Crippen LogP contribution < -0.4 is 11.4 Å². The summed E-state index contributed by atoms with van der Waals surface area (Å²) in [6.07, 6.45) is 4.86. The molecule has 3 aromatic heterocycles. The Kier molecular flexibility index (Phi) is 7.44. The van der Waals surface area contributed by atoms with Crippen LogP contribution in [-0.4, -0.2) is 19.1 Å². The minimum atomic E-state index is -0.618. The molecule has 2 N–H and O–H groups in total. The highest BCUT2D eigenvalue weighted by Crippen LogP contribution is 2.31. The van der Waals surface area contributed by atoms with Crippen molar-refractivity contribution in [3.8, 4) is 22.9 Å². The third-order valence-corrected chi connectivity index (χ3v) is 7.32. The van der Waals surface area contributed by atoms with E-state index in [1.165, 1.54) is 6.42 Å². The van der Waals surface area contributed by atoms with Crippen LogP contribution in [0.15, 0.2) is 83.9 Å². The van der Waals surface area contributed by atoms with Gasteiger partial charge in [-0.1, -0.05) is 44.5 Å². The molecule has 0 bridgehead atoms. The van der Waals surface area contributed by atoms with Gasteiger partial charge in [0, 0.05) is 36.1 Å². The molecule has 0 saturated carbocycles. The van der Waals surface area contributed by atoms with Crippen molar-refractivity contribution in [3.63, 3.8) is 0 Å². The van der Waals surface area contributed by atoms with Crippen molar-refractivity contribution in [1.29, 1.82) is 5.26 Å². The molecule has 7 nitrogen and oxygen atoms in total. The molecule has 0 spiro atoms. The van der Waals surface area contributed by atoms with Crippen molar-refractivity contribution in [2.75, 3.05) is 0 Å². The van der Waals surface area contributed by atoms with Gasteiger partial charge in [-0.3, -0.25) is 19.1 Å². The van der Waals surface area contributed by atoms with Crippen LogP contribution in [0.4, 0.5) is 0 Å². The van der Waals surface area contributed by atoms with Gasteiger partial charge in [0.05, 0.1) is 45.4 Å². The first-order chi connectivity index (χ1) is 19.7. The molecule has 41 heavy (non-hydrogen) atoms. The van der Waals surface area contributed by atoms with E-state index in [9.17, 15) is 10.1 Å². The average Bonchev–Trinajstić information content (AvgIpc) is 3.26. The quantitative estimate of drug-likeness (QED) is 0.265. The molecule has 0 amide bonds. The lowest BCUT2D eigenvalue weighted by atomic mass is 9.86. The highest BCUT2D eigenvalue weighted by Gasteiger charge is 2.21. The van der Waals surface area contributed by atoms with Crippen molar-refractivity contribution >= 4 is 32.8 Å². The number of fused-ring (bicyclic) bond motifs is 4. The molecule has 7 heteroatoms. The zero-order valence-electron chi connectivity index (χ0n) is 24.1. The lowest BCUT2D eigenvalue weighted by Crippen LogP contribution is -2.21. The third kappa shape index (κ3) is 4.99. The van der Waals surface area contributed by atoms with Crippen molar-refractivity contribution in [2.24, 2.45) is 12.8 Å². The van der Waals surface area contributed by atoms with Gasteiger partial charge in [0.15, 0.2) is 0 Å². The molecular formula is C34H34N6O. The highest BCUT2D eigenvalue weighted by molar-refractivity contribution is 6.04. The molecule has 206 valence electrons. The summed E-state index contributed by atoms with van der Waals surface area (Å²) in [5, 5.41) is 11.4. The van der Waals surface area contributed by atoms with Gasteiger partial charge in [-0.15, -0.1) is 0 Å². The number of imidazole rings is 1. The topological polar surface area (TPSA) is 103 Å². The summed E-state index contributed by atoms with van der Waals surface area (Å²) in [5.41, 5.74) is 12.9. The molecule has 0 aliphatic heterocycles. The zero-order valence-corrected chi connectivity index (χ0v) is 24.1. The Hall–Kier alpha value is -4.80. The van der Waals surface area contributed by atoms with Gasteiger partial charge < -0.3 is 5.73 Å². The standard InChI is InChI=1S/C31H26N6O.C3H8/c1-31(2,18-33)23-6-8-24(9-7-23)37-29-25-14-20(5-11-27(25)35-17-28(29)36(3)30(37)38)22-13-21-12-19(15-32)4-10-26(21)34-16-22;1-3-2/h4-14,16-17H,15,32H2,1-3H3;3H2,1-2H3. The zero-order chi connectivity index (χ0) is 29.3. The molecule has 0 radical (unpaired) electrons. The highest BCUT2D eigenvalue weighted by atomic mass is 16.1. The van der Waals surface area contributed by atoms with Crippen LogP contribution in [0.25, 0.3) is 49.7 Å². The fourth-order valence-electron chi connectivity index (χ4n) is 4.97. The Morgan fingerprint density at radius 3 is 2.27 bits per heavy atom. The van der Waals surface area contributed by atoms with E-state index in [-0.39, 0.29) is 5.69 Å². The molecule has 0 fully saturated rings. The van der Waals surface area contributed by atoms with Gasteiger partial charge in [-0.05, 0) is 73.0 Å². The van der Waals surface area contributed by atoms with Crippen LogP contribution >= 0.6 is 0 Å². The van der Waals surface area contributed by atoms with E-state index in [1.54, 1.807) is 22.4 Å². The Labute approximate surface area is 239 Å². The average molecular weight is 543 g/mol. The van der Waals surface area contributed by atoms with Gasteiger partial charge in [0.25, 0.3) is 0 Å². The summed E-state index contributed by atoms with van der Waals surface area (Å²) in [6.45, 7) is 8.48. The largest absolute Gasteiger partial charge is 0.333 e. The van der Waals surface area contributed by atoms with Crippen LogP contribution in [0.1, 0.15) is 45.2 Å². The maximum absolute atomic E-state index is 13.5. The second-order valence-electron chi connectivity index (χ2n) is 10.8. The minimum absolute atomic E-state index is 0.159. The van der Waals surface area contributed by atoms with Crippen LogP contribution in [-0.2, 0) is 19.0 Å². The van der Waals surface area contributed by atoms with Crippen molar-refractivity contribution in [3.05, 3.63) is 101 Å². The van der Waals surface area contributed by atoms with E-state index in [0.29, 0.717) is 6.54 Å². The van der Waals surface area contributed by atoms with Gasteiger partial charge in [-0.25, -0.2) is 4.79 Å². The number of pyridine rings is 2. The Morgan fingerprint density at radius 2 is 1.59 bits per heavy atom. The van der Waals surface area contributed by atoms with Crippen molar-refractivity contribution < 1.29 is 0 Å². The number of aryl methyl sites for hydroxylation is 1. The third-order valence-electron chi connectivity index (χ3n) is 7.32. The minimum Gasteiger partial charge on any atom is -0.326 e. The Bertz CT molecular complexity index is 1990. The lowest BCUT2D eigenvalue weighted by molar-refractivity contribution is 0.686. The van der Waals surface area contributed by atoms with Crippen LogP contribution in [0.2, 0.25) is 0 Å². The fraction of sp³-hybridized carbons (Fsp3) is 0.235. The SMILES string of the molecule is CCC.Cn1c(=O)n(-c2ccc(C(C)(C)C#N)cc2)c2c3cc(-c4cnc5ccc(CN)cc5c4)ccc3ncc21. The molecule has 3 heterocycles. The first-order valence-corrected chi connectivity index (χ1v) is 13.8. The van der Waals surface area contributed by atoms with E-state index in [1.807, 2.05) is 68.6 Å². The van der Waals surface area contributed by atoms with E-state index < -0.39 is 5.41 Å². The molecule has 0 unspecified atom stereocenters. The first kappa shape index (κ1) is 27.8. The molecule has 0 aliphatic rings. The number of rotatable bonds is 4. The fourth-order valence-corrected chi connectivity index (χ4v) is 4.97. The van der Waals surface area contributed by atoms with E-state index in [0.717, 1.165) is 60.8 Å². The number of aromatic nitrogens is 4. The summed E-state index contributed by atoms with van der Waals surface area (Å²) in [5.74, 6) is 0. The maximum Gasteiger partial charge on any atom is 0.333 e. The summed E-state index contributed by atoms with van der Waals surface area (Å²) >= 11 is 0. The lowest BCUT2D eigenvalue weighted by Gasteiger charge is -2.16. The Balaban J connectivity index is 0.00000108. The van der Waals surface area contributed by atoms with Gasteiger partial charge in [0.1, 0.15) is 0 Å². The Morgan fingerprint density at radius 1 is 0.902 bits per heavy atom. The molecule has 6 aromatic rings. The number of nitrogens with zero attached hydrogens (tertiary/aromatic N) is 5. The van der Waals surface area contributed by atoms with Crippen molar-refractivity contribution in [2.45, 2.75) is 46.1 Å². The monoisotopic (exact) mass is 542 g/mol. The van der Waals surface area contributed by atoms with E-state index in [2.05, 4.69) is 48.1 Å². The number of nitrogens with two attached hydrogens (primary N) is 1. The van der Waals surface area contributed by atoms with Gasteiger partial charge in [0.2, 0.25) is 0 Å². The predicted octanol–water partition coefficient (Wildman–Crippen LogP) is 6.77. The second-order valence-corrected chi connectivity index (χ2v) is 10.8. The molecule has 6 rings (SSSR count). The molecule has 0 atom stereocenters. The number of hydrogen-bond donors (Lipinski definition) is 1. The normalized spacial score (nSPS) is 11.4. The van der Waals surface area contributed by atoms with E-state index >= 15 is 0 Å². The summed E-state index contributed by atoms with van der Waals surface area (Å²) in [7, 11) is 1.76. The van der Waals surface area contributed by atoms with E-state index in [4.69, 9.17) is 5.73 Å². The first-order valence-electron chi connectivity index (χ1n) is 13.8.